The topological polar surface area (TPSA) is 101 Å². The number of aliphatic hydroxyl groups excluding tert-OH is 1. The molecule has 3 heterocycles. The molecule has 0 spiro atoms. The van der Waals surface area contributed by atoms with Gasteiger partial charge in [0.25, 0.3) is 5.91 Å². The summed E-state index contributed by atoms with van der Waals surface area (Å²) in [6, 6.07) is 8.15. The summed E-state index contributed by atoms with van der Waals surface area (Å²) in [5.74, 6) is -0.0924. The summed E-state index contributed by atoms with van der Waals surface area (Å²) in [4.78, 5) is 18.0. The standard InChI is InChI=1S/C28H39N5O3/c1-3-25-23(18-29-28(35)21-11-9-20(10-12-21)8-6-5-7-15-34)26(31-22-13-16-36-17-14-22)24-19-30-33(4-2)27(24)32-25/h9-12,19,22,34H,3-8,13-18H2,1-2H3,(H,29,35)(H,31,32). The molecule has 1 aliphatic rings. The molecular weight excluding hydrogens is 454 g/mol. The van der Waals surface area contributed by atoms with Crippen molar-refractivity contribution in [3.63, 3.8) is 0 Å². The summed E-state index contributed by atoms with van der Waals surface area (Å²) in [6.07, 6.45) is 8.40. The predicted octanol–water partition coefficient (Wildman–Crippen LogP) is 4.24. The number of ether oxygens (including phenoxy) is 1. The summed E-state index contributed by atoms with van der Waals surface area (Å²) < 4.78 is 7.48. The third-order valence-electron chi connectivity index (χ3n) is 6.94. The molecule has 0 atom stereocenters. The van der Waals surface area contributed by atoms with Gasteiger partial charge in [0.1, 0.15) is 0 Å². The normalized spacial score (nSPS) is 14.3. The van der Waals surface area contributed by atoms with Gasteiger partial charge in [0.2, 0.25) is 0 Å². The molecule has 194 valence electrons. The first-order chi connectivity index (χ1) is 17.6. The van der Waals surface area contributed by atoms with E-state index >= 15 is 0 Å². The van der Waals surface area contributed by atoms with Crippen LogP contribution in [0.4, 0.5) is 5.69 Å². The molecule has 1 aliphatic heterocycles. The molecule has 1 saturated heterocycles. The fourth-order valence-corrected chi connectivity index (χ4v) is 4.81. The number of anilines is 1. The van der Waals surface area contributed by atoms with Gasteiger partial charge in [-0.1, -0.05) is 25.5 Å². The van der Waals surface area contributed by atoms with Crippen molar-refractivity contribution in [3.8, 4) is 0 Å². The molecule has 2 aromatic heterocycles. The molecule has 0 bridgehead atoms. The molecule has 8 heteroatoms. The number of hydrogen-bond acceptors (Lipinski definition) is 6. The van der Waals surface area contributed by atoms with Gasteiger partial charge in [0, 0.05) is 55.8 Å². The van der Waals surface area contributed by atoms with Crippen LogP contribution < -0.4 is 10.6 Å². The number of pyridine rings is 1. The summed E-state index contributed by atoms with van der Waals surface area (Å²) in [5.41, 5.74) is 5.78. The van der Waals surface area contributed by atoms with E-state index in [2.05, 4.69) is 29.6 Å². The van der Waals surface area contributed by atoms with Crippen LogP contribution in [0.25, 0.3) is 11.0 Å². The van der Waals surface area contributed by atoms with Crippen molar-refractivity contribution >= 4 is 22.6 Å². The Morgan fingerprint density at radius 1 is 1.14 bits per heavy atom. The zero-order valence-corrected chi connectivity index (χ0v) is 21.6. The molecule has 8 nitrogen and oxygen atoms in total. The van der Waals surface area contributed by atoms with Crippen LogP contribution in [0.5, 0.6) is 0 Å². The first-order valence-electron chi connectivity index (χ1n) is 13.3. The minimum absolute atomic E-state index is 0.0924. The van der Waals surface area contributed by atoms with Gasteiger partial charge >= 0.3 is 0 Å². The molecule has 0 radical (unpaired) electrons. The van der Waals surface area contributed by atoms with Crippen molar-refractivity contribution in [1.82, 2.24) is 20.1 Å². The highest BCUT2D eigenvalue weighted by Crippen LogP contribution is 2.31. The van der Waals surface area contributed by atoms with Crippen LogP contribution in [0.3, 0.4) is 0 Å². The van der Waals surface area contributed by atoms with Crippen LogP contribution in [0.2, 0.25) is 0 Å². The minimum Gasteiger partial charge on any atom is -0.396 e. The molecule has 0 unspecified atom stereocenters. The SMILES string of the molecule is CCc1nc2c(cnn2CC)c(NC2CCOCC2)c1CNC(=O)c1ccc(CCCCCO)cc1. The highest BCUT2D eigenvalue weighted by atomic mass is 16.5. The lowest BCUT2D eigenvalue weighted by atomic mass is 10.0. The maximum absolute atomic E-state index is 13.0. The minimum atomic E-state index is -0.0924. The monoisotopic (exact) mass is 493 g/mol. The zero-order valence-electron chi connectivity index (χ0n) is 21.6. The summed E-state index contributed by atoms with van der Waals surface area (Å²) in [5, 5.41) is 21.4. The smallest absolute Gasteiger partial charge is 0.251 e. The summed E-state index contributed by atoms with van der Waals surface area (Å²) in [7, 11) is 0. The Bertz CT molecular complexity index is 1140. The second-order valence-corrected chi connectivity index (χ2v) is 9.41. The Morgan fingerprint density at radius 2 is 1.92 bits per heavy atom. The van der Waals surface area contributed by atoms with Gasteiger partial charge in [0.05, 0.1) is 17.3 Å². The van der Waals surface area contributed by atoms with E-state index in [-0.39, 0.29) is 12.5 Å². The first kappa shape index (κ1) is 26.1. The molecule has 1 amide bonds. The number of hydrogen-bond donors (Lipinski definition) is 3. The maximum Gasteiger partial charge on any atom is 0.251 e. The number of amides is 1. The average molecular weight is 494 g/mol. The predicted molar refractivity (Wildman–Crippen MR) is 142 cm³/mol. The zero-order chi connectivity index (χ0) is 25.3. The van der Waals surface area contributed by atoms with Crippen molar-refractivity contribution in [3.05, 3.63) is 52.8 Å². The van der Waals surface area contributed by atoms with Gasteiger partial charge in [-0.2, -0.15) is 5.10 Å². The second kappa shape index (κ2) is 12.8. The number of benzene rings is 1. The van der Waals surface area contributed by atoms with E-state index in [4.69, 9.17) is 14.8 Å². The molecule has 0 saturated carbocycles. The number of carbonyl (C=O) groups is 1. The fourth-order valence-electron chi connectivity index (χ4n) is 4.81. The van der Waals surface area contributed by atoms with Crippen LogP contribution in [0.15, 0.2) is 30.5 Å². The van der Waals surface area contributed by atoms with Gasteiger partial charge < -0.3 is 20.5 Å². The number of carbonyl (C=O) groups excluding carboxylic acids is 1. The Kier molecular flexibility index (Phi) is 9.30. The lowest BCUT2D eigenvalue weighted by molar-refractivity contribution is 0.0904. The number of aliphatic hydroxyl groups is 1. The summed E-state index contributed by atoms with van der Waals surface area (Å²) >= 11 is 0. The summed E-state index contributed by atoms with van der Waals surface area (Å²) in [6.45, 7) is 7.08. The van der Waals surface area contributed by atoms with Crippen LogP contribution >= 0.6 is 0 Å². The van der Waals surface area contributed by atoms with E-state index < -0.39 is 0 Å². The Balaban J connectivity index is 1.52. The van der Waals surface area contributed by atoms with Crippen LogP contribution in [-0.4, -0.2) is 51.6 Å². The molecule has 3 aromatic rings. The van der Waals surface area contributed by atoms with Crippen LogP contribution in [-0.2, 0) is 30.7 Å². The molecule has 3 N–H and O–H groups in total. The number of aromatic nitrogens is 3. The lowest BCUT2D eigenvalue weighted by Crippen LogP contribution is -2.30. The molecule has 0 aliphatic carbocycles. The van der Waals surface area contributed by atoms with E-state index in [1.165, 1.54) is 5.56 Å². The van der Waals surface area contributed by atoms with Gasteiger partial charge in [-0.3, -0.25) is 4.79 Å². The Labute approximate surface area is 213 Å². The highest BCUT2D eigenvalue weighted by molar-refractivity contribution is 5.95. The van der Waals surface area contributed by atoms with E-state index in [1.54, 1.807) is 0 Å². The number of rotatable bonds is 12. The van der Waals surface area contributed by atoms with Gasteiger partial charge in [-0.15, -0.1) is 0 Å². The molecular formula is C28H39N5O3. The number of nitrogens with one attached hydrogen (secondary N) is 2. The number of fused-ring (bicyclic) bond motifs is 1. The molecule has 4 rings (SSSR count). The fraction of sp³-hybridized carbons (Fsp3) is 0.536. The molecule has 1 aromatic carbocycles. The van der Waals surface area contributed by atoms with Crippen molar-refractivity contribution in [2.45, 2.75) is 77.9 Å². The first-order valence-corrected chi connectivity index (χ1v) is 13.3. The van der Waals surface area contributed by atoms with E-state index in [0.29, 0.717) is 18.2 Å². The van der Waals surface area contributed by atoms with Gasteiger partial charge in [-0.05, 0) is 63.1 Å². The molecule has 1 fully saturated rings. The number of nitrogens with zero attached hydrogens (tertiary/aromatic N) is 3. The number of unbranched alkanes of at least 4 members (excludes halogenated alkanes) is 2. The number of aryl methyl sites for hydroxylation is 3. The van der Waals surface area contributed by atoms with Gasteiger partial charge in [-0.25, -0.2) is 9.67 Å². The second-order valence-electron chi connectivity index (χ2n) is 9.41. The van der Waals surface area contributed by atoms with E-state index in [9.17, 15) is 4.79 Å². The third-order valence-corrected chi connectivity index (χ3v) is 6.94. The van der Waals surface area contributed by atoms with Crippen molar-refractivity contribution in [2.24, 2.45) is 0 Å². The molecule has 36 heavy (non-hydrogen) atoms. The largest absolute Gasteiger partial charge is 0.396 e. The van der Waals surface area contributed by atoms with Crippen molar-refractivity contribution < 1.29 is 14.6 Å². The van der Waals surface area contributed by atoms with Crippen LogP contribution in [0.1, 0.15) is 73.1 Å². The Hall–Kier alpha value is -2.97. The Morgan fingerprint density at radius 3 is 2.61 bits per heavy atom. The average Bonchev–Trinajstić information content (AvgIpc) is 3.34. The van der Waals surface area contributed by atoms with Gasteiger partial charge in [0.15, 0.2) is 5.65 Å². The van der Waals surface area contributed by atoms with E-state index in [0.717, 1.165) is 92.7 Å². The van der Waals surface area contributed by atoms with Crippen LogP contribution in [0, 0.1) is 0 Å². The van der Waals surface area contributed by atoms with Crippen molar-refractivity contribution in [2.75, 3.05) is 25.1 Å². The van der Waals surface area contributed by atoms with E-state index in [1.807, 2.05) is 35.1 Å². The highest BCUT2D eigenvalue weighted by Gasteiger charge is 2.22. The lowest BCUT2D eigenvalue weighted by Gasteiger charge is -2.26. The third kappa shape index (κ3) is 6.23. The maximum atomic E-state index is 13.0. The quantitative estimate of drug-likeness (QED) is 0.326. The van der Waals surface area contributed by atoms with Crippen molar-refractivity contribution in [1.29, 1.82) is 0 Å².